The number of rotatable bonds is 4. The van der Waals surface area contributed by atoms with Gasteiger partial charge in [-0.05, 0) is 13.5 Å². The molecule has 0 amide bonds. The molecule has 1 aromatic heterocycles. The van der Waals surface area contributed by atoms with Gasteiger partial charge in [-0.3, -0.25) is 4.68 Å². The molecule has 18 heavy (non-hydrogen) atoms. The van der Waals surface area contributed by atoms with E-state index in [1.54, 1.807) is 10.9 Å². The number of nitrogens with zero attached hydrogens (tertiary/aromatic N) is 3. The quantitative estimate of drug-likeness (QED) is 0.802. The summed E-state index contributed by atoms with van der Waals surface area (Å²) in [5, 5.41) is 4.09. The summed E-state index contributed by atoms with van der Waals surface area (Å²) >= 11 is 0. The van der Waals surface area contributed by atoms with Crippen LogP contribution in [-0.2, 0) is 16.9 Å². The fourth-order valence-corrected chi connectivity index (χ4v) is 4.12. The molecular weight excluding hydrogens is 252 g/mol. The van der Waals surface area contributed by atoms with Gasteiger partial charge in [-0.15, -0.1) is 0 Å². The monoisotopic (exact) mass is 272 g/mol. The highest BCUT2D eigenvalue weighted by Crippen LogP contribution is 2.19. The summed E-state index contributed by atoms with van der Waals surface area (Å²) in [6, 6.07) is -0.0373. The van der Waals surface area contributed by atoms with Crippen molar-refractivity contribution in [1.29, 1.82) is 0 Å². The predicted molar refractivity (Wildman–Crippen MR) is 69.8 cm³/mol. The second kappa shape index (κ2) is 4.99. The molecule has 0 saturated carbocycles. The molecule has 6 nitrogen and oxygen atoms in total. The lowest BCUT2D eigenvalue weighted by atomic mass is 10.1. The molecule has 1 aliphatic heterocycles. The number of hydrogen-bond donors (Lipinski definition) is 1. The van der Waals surface area contributed by atoms with E-state index in [0.717, 1.165) is 5.56 Å². The standard InChI is InChI=1S/C11H20N4O2S/c1-14(10-3-4-18(16,17)8-10)7-11(12)9-5-13-15(2)6-9/h5-6,10-11H,3-4,7-8,12H2,1-2H3. The first-order chi connectivity index (χ1) is 8.37. The van der Waals surface area contributed by atoms with Crippen molar-refractivity contribution in [3.8, 4) is 0 Å². The van der Waals surface area contributed by atoms with Crippen molar-refractivity contribution in [2.75, 3.05) is 25.1 Å². The Morgan fingerprint density at radius 3 is 2.89 bits per heavy atom. The van der Waals surface area contributed by atoms with E-state index < -0.39 is 9.84 Å². The van der Waals surface area contributed by atoms with Crippen LogP contribution in [0, 0.1) is 0 Å². The molecule has 0 radical (unpaired) electrons. The van der Waals surface area contributed by atoms with Crippen molar-refractivity contribution in [2.24, 2.45) is 12.8 Å². The number of aromatic nitrogens is 2. The third-order valence-corrected chi connectivity index (χ3v) is 5.22. The fourth-order valence-electron chi connectivity index (χ4n) is 2.32. The Morgan fingerprint density at radius 2 is 2.39 bits per heavy atom. The Bertz CT molecular complexity index is 511. The number of hydrogen-bond acceptors (Lipinski definition) is 5. The molecular formula is C11H20N4O2S. The number of nitrogens with two attached hydrogens (primary N) is 1. The molecule has 2 atom stereocenters. The van der Waals surface area contributed by atoms with Crippen LogP contribution in [0.3, 0.4) is 0 Å². The summed E-state index contributed by atoms with van der Waals surface area (Å²) in [4.78, 5) is 2.04. The Balaban J connectivity index is 1.93. The molecule has 1 saturated heterocycles. The first-order valence-corrected chi connectivity index (χ1v) is 7.84. The van der Waals surface area contributed by atoms with Gasteiger partial charge in [0.15, 0.2) is 9.84 Å². The van der Waals surface area contributed by atoms with Gasteiger partial charge in [-0.25, -0.2) is 8.42 Å². The van der Waals surface area contributed by atoms with E-state index >= 15 is 0 Å². The molecule has 0 aliphatic carbocycles. The average molecular weight is 272 g/mol. The highest BCUT2D eigenvalue weighted by molar-refractivity contribution is 7.91. The van der Waals surface area contributed by atoms with Crippen molar-refractivity contribution in [1.82, 2.24) is 14.7 Å². The summed E-state index contributed by atoms with van der Waals surface area (Å²) in [5.74, 6) is 0.549. The van der Waals surface area contributed by atoms with Crippen molar-refractivity contribution in [3.05, 3.63) is 18.0 Å². The zero-order valence-corrected chi connectivity index (χ0v) is 11.6. The predicted octanol–water partition coefficient (Wildman–Crippen LogP) is -0.461. The first-order valence-electron chi connectivity index (χ1n) is 6.02. The van der Waals surface area contributed by atoms with Crippen LogP contribution < -0.4 is 5.73 Å². The molecule has 2 rings (SSSR count). The summed E-state index contributed by atoms with van der Waals surface area (Å²) in [6.45, 7) is 0.645. The van der Waals surface area contributed by atoms with E-state index in [4.69, 9.17) is 5.73 Å². The van der Waals surface area contributed by atoms with Gasteiger partial charge in [0.25, 0.3) is 0 Å². The summed E-state index contributed by atoms with van der Waals surface area (Å²) < 4.78 is 24.6. The lowest BCUT2D eigenvalue weighted by Crippen LogP contribution is -2.37. The van der Waals surface area contributed by atoms with Gasteiger partial charge in [0.2, 0.25) is 0 Å². The normalized spacial score (nSPS) is 24.6. The molecule has 0 spiro atoms. The van der Waals surface area contributed by atoms with Crippen LogP contribution in [0.25, 0.3) is 0 Å². The minimum Gasteiger partial charge on any atom is -0.323 e. The van der Waals surface area contributed by atoms with Gasteiger partial charge in [-0.2, -0.15) is 5.10 Å². The smallest absolute Gasteiger partial charge is 0.151 e. The minimum atomic E-state index is -2.84. The van der Waals surface area contributed by atoms with Crippen molar-refractivity contribution >= 4 is 9.84 Å². The molecule has 1 aliphatic rings. The van der Waals surface area contributed by atoms with Gasteiger partial charge < -0.3 is 10.6 Å². The Morgan fingerprint density at radius 1 is 1.67 bits per heavy atom. The van der Waals surface area contributed by atoms with Crippen LogP contribution >= 0.6 is 0 Å². The topological polar surface area (TPSA) is 81.2 Å². The van der Waals surface area contributed by atoms with Crippen molar-refractivity contribution in [3.63, 3.8) is 0 Å². The zero-order valence-electron chi connectivity index (χ0n) is 10.8. The van der Waals surface area contributed by atoms with E-state index in [1.165, 1.54) is 0 Å². The molecule has 0 aromatic carbocycles. The van der Waals surface area contributed by atoms with Gasteiger partial charge in [0.1, 0.15) is 0 Å². The molecule has 2 N–H and O–H groups in total. The van der Waals surface area contributed by atoms with Crippen molar-refractivity contribution < 1.29 is 8.42 Å². The summed E-state index contributed by atoms with van der Waals surface area (Å²) in [5.41, 5.74) is 7.08. The number of likely N-dealkylation sites (N-methyl/N-ethyl adjacent to an activating group) is 1. The maximum Gasteiger partial charge on any atom is 0.151 e. The molecule has 2 heterocycles. The Hall–Kier alpha value is -0.920. The second-order valence-corrected chi connectivity index (χ2v) is 7.28. The molecule has 2 unspecified atom stereocenters. The lowest BCUT2D eigenvalue weighted by Gasteiger charge is -2.25. The zero-order chi connectivity index (χ0) is 13.3. The van der Waals surface area contributed by atoms with Gasteiger partial charge in [0.05, 0.1) is 17.7 Å². The molecule has 1 fully saturated rings. The molecule has 0 bridgehead atoms. The largest absolute Gasteiger partial charge is 0.323 e. The van der Waals surface area contributed by atoms with E-state index in [1.807, 2.05) is 25.2 Å². The van der Waals surface area contributed by atoms with Crippen LogP contribution in [0.15, 0.2) is 12.4 Å². The van der Waals surface area contributed by atoms with Crippen LogP contribution in [0.2, 0.25) is 0 Å². The molecule has 7 heteroatoms. The van der Waals surface area contributed by atoms with Crippen LogP contribution in [0.4, 0.5) is 0 Å². The van der Waals surface area contributed by atoms with E-state index in [9.17, 15) is 8.42 Å². The highest BCUT2D eigenvalue weighted by atomic mass is 32.2. The second-order valence-electron chi connectivity index (χ2n) is 5.05. The molecule has 1 aromatic rings. The fraction of sp³-hybridized carbons (Fsp3) is 0.727. The van der Waals surface area contributed by atoms with Crippen molar-refractivity contribution in [2.45, 2.75) is 18.5 Å². The van der Waals surface area contributed by atoms with Crippen LogP contribution in [0.1, 0.15) is 18.0 Å². The summed E-state index contributed by atoms with van der Waals surface area (Å²) in [6.07, 6.45) is 4.35. The van der Waals surface area contributed by atoms with E-state index in [0.29, 0.717) is 18.7 Å². The Kier molecular flexibility index (Phi) is 3.74. The average Bonchev–Trinajstić information content (AvgIpc) is 2.84. The summed E-state index contributed by atoms with van der Waals surface area (Å²) in [7, 11) is 0.947. The van der Waals surface area contributed by atoms with Gasteiger partial charge in [0, 0.05) is 37.4 Å². The third-order valence-electron chi connectivity index (χ3n) is 3.47. The van der Waals surface area contributed by atoms with Crippen LogP contribution in [-0.4, -0.2) is 54.2 Å². The van der Waals surface area contributed by atoms with Gasteiger partial charge in [-0.1, -0.05) is 0 Å². The Labute approximate surface area is 108 Å². The third kappa shape index (κ3) is 3.09. The van der Waals surface area contributed by atoms with Crippen LogP contribution in [0.5, 0.6) is 0 Å². The maximum atomic E-state index is 11.4. The molecule has 102 valence electrons. The number of aryl methyl sites for hydroxylation is 1. The van der Waals surface area contributed by atoms with E-state index in [2.05, 4.69) is 5.10 Å². The number of sulfone groups is 1. The minimum absolute atomic E-state index is 0.0951. The van der Waals surface area contributed by atoms with E-state index in [-0.39, 0.29) is 17.8 Å². The van der Waals surface area contributed by atoms with Gasteiger partial charge >= 0.3 is 0 Å². The lowest BCUT2D eigenvalue weighted by molar-refractivity contribution is 0.247. The highest BCUT2D eigenvalue weighted by Gasteiger charge is 2.31. The first kappa shape index (κ1) is 13.5. The SMILES string of the molecule is CN(CC(N)c1cnn(C)c1)C1CCS(=O)(=O)C1. The maximum absolute atomic E-state index is 11.4.